The molecule has 2 heterocycles. The zero-order valence-electron chi connectivity index (χ0n) is 8.70. The Balaban J connectivity index is 1.80. The molecular weight excluding hydrogens is 176 g/mol. The summed E-state index contributed by atoms with van der Waals surface area (Å²) >= 11 is 0. The van der Waals surface area contributed by atoms with Gasteiger partial charge in [-0.25, -0.2) is 0 Å². The van der Waals surface area contributed by atoms with E-state index >= 15 is 0 Å². The van der Waals surface area contributed by atoms with E-state index in [-0.39, 0.29) is 0 Å². The molecule has 3 nitrogen and oxygen atoms in total. The first-order valence-electron chi connectivity index (χ1n) is 5.30. The number of dihydropyridines is 1. The fourth-order valence-corrected chi connectivity index (χ4v) is 1.82. The van der Waals surface area contributed by atoms with Crippen molar-refractivity contribution in [3.8, 4) is 0 Å². The molecule has 2 aliphatic heterocycles. The van der Waals surface area contributed by atoms with Crippen LogP contribution < -0.4 is 5.32 Å². The normalized spacial score (nSPS) is 24.2. The van der Waals surface area contributed by atoms with Gasteiger partial charge in [-0.05, 0) is 26.0 Å². The Morgan fingerprint density at radius 3 is 2.86 bits per heavy atom. The van der Waals surface area contributed by atoms with Gasteiger partial charge in [0.2, 0.25) is 0 Å². The second-order valence-corrected chi connectivity index (χ2v) is 3.98. The molecule has 2 rings (SSSR count). The van der Waals surface area contributed by atoms with Gasteiger partial charge in [-0.1, -0.05) is 6.08 Å². The fraction of sp³-hybridized carbons (Fsp3) is 0.636. The van der Waals surface area contributed by atoms with Gasteiger partial charge in [0.15, 0.2) is 0 Å². The van der Waals surface area contributed by atoms with Crippen LogP contribution in [0.15, 0.2) is 24.1 Å². The van der Waals surface area contributed by atoms with Gasteiger partial charge in [0.1, 0.15) is 11.9 Å². The van der Waals surface area contributed by atoms with Crippen LogP contribution in [0, 0.1) is 0 Å². The molecule has 0 radical (unpaired) electrons. The Hall–Kier alpha value is -0.960. The Kier molecular flexibility index (Phi) is 3.09. The lowest BCUT2D eigenvalue weighted by Crippen LogP contribution is -2.34. The summed E-state index contributed by atoms with van der Waals surface area (Å²) in [6.45, 7) is 3.21. The van der Waals surface area contributed by atoms with Crippen LogP contribution in [-0.4, -0.2) is 37.7 Å². The number of piperidine rings is 1. The summed E-state index contributed by atoms with van der Waals surface area (Å²) in [5.74, 6) is 0.978. The maximum atomic E-state index is 5.87. The summed E-state index contributed by atoms with van der Waals surface area (Å²) in [7, 11) is 2.16. The molecule has 0 atom stereocenters. The molecule has 0 bridgehead atoms. The average molecular weight is 194 g/mol. The summed E-state index contributed by atoms with van der Waals surface area (Å²) in [6.07, 6.45) is 8.78. The molecule has 0 unspecified atom stereocenters. The highest BCUT2D eigenvalue weighted by atomic mass is 16.5. The third-order valence-corrected chi connectivity index (χ3v) is 2.73. The molecule has 0 saturated carbocycles. The Bertz CT molecular complexity index is 240. The quantitative estimate of drug-likeness (QED) is 0.712. The maximum Gasteiger partial charge on any atom is 0.135 e. The predicted octanol–water partition coefficient (Wildman–Crippen LogP) is 1.10. The smallest absolute Gasteiger partial charge is 0.135 e. The van der Waals surface area contributed by atoms with Gasteiger partial charge >= 0.3 is 0 Å². The number of ether oxygens (including phenoxy) is 1. The van der Waals surface area contributed by atoms with Crippen LogP contribution in [-0.2, 0) is 4.74 Å². The highest BCUT2D eigenvalue weighted by Gasteiger charge is 2.18. The lowest BCUT2D eigenvalue weighted by atomic mass is 10.1. The molecule has 0 amide bonds. The van der Waals surface area contributed by atoms with Crippen LogP contribution in [0.4, 0.5) is 0 Å². The van der Waals surface area contributed by atoms with Crippen LogP contribution >= 0.6 is 0 Å². The minimum atomic E-state index is 0.405. The van der Waals surface area contributed by atoms with Gasteiger partial charge in [-0.3, -0.25) is 0 Å². The van der Waals surface area contributed by atoms with Crippen LogP contribution in [0.5, 0.6) is 0 Å². The lowest BCUT2D eigenvalue weighted by Gasteiger charge is -2.29. The van der Waals surface area contributed by atoms with Crippen molar-refractivity contribution in [1.29, 1.82) is 0 Å². The van der Waals surface area contributed by atoms with E-state index in [4.69, 9.17) is 4.74 Å². The number of allylic oxidation sites excluding steroid dienone is 1. The van der Waals surface area contributed by atoms with Gasteiger partial charge in [0, 0.05) is 25.8 Å². The van der Waals surface area contributed by atoms with E-state index in [1.54, 1.807) is 0 Å². The first-order chi connectivity index (χ1) is 6.84. The SMILES string of the molecule is CN1CCC(OC2=CNCC=C2)CC1. The molecule has 78 valence electrons. The van der Waals surface area contributed by atoms with E-state index in [2.05, 4.69) is 29.4 Å². The summed E-state index contributed by atoms with van der Waals surface area (Å²) in [4.78, 5) is 2.35. The van der Waals surface area contributed by atoms with Crippen LogP contribution in [0.2, 0.25) is 0 Å². The number of rotatable bonds is 2. The highest BCUT2D eigenvalue weighted by molar-refractivity contribution is 5.16. The summed E-state index contributed by atoms with van der Waals surface area (Å²) in [5.41, 5.74) is 0. The zero-order valence-corrected chi connectivity index (χ0v) is 8.70. The van der Waals surface area contributed by atoms with Crippen LogP contribution in [0.1, 0.15) is 12.8 Å². The molecule has 14 heavy (non-hydrogen) atoms. The molecule has 0 aromatic heterocycles. The molecule has 1 saturated heterocycles. The molecule has 1 fully saturated rings. The van der Waals surface area contributed by atoms with Gasteiger partial charge in [-0.2, -0.15) is 0 Å². The van der Waals surface area contributed by atoms with Crippen molar-refractivity contribution in [1.82, 2.24) is 10.2 Å². The van der Waals surface area contributed by atoms with Crippen molar-refractivity contribution in [2.24, 2.45) is 0 Å². The second-order valence-electron chi connectivity index (χ2n) is 3.98. The van der Waals surface area contributed by atoms with Crippen molar-refractivity contribution < 1.29 is 4.74 Å². The van der Waals surface area contributed by atoms with Crippen molar-refractivity contribution in [3.05, 3.63) is 24.1 Å². The predicted molar refractivity (Wildman–Crippen MR) is 56.8 cm³/mol. The summed E-state index contributed by atoms with van der Waals surface area (Å²) in [6, 6.07) is 0. The molecule has 0 spiro atoms. The van der Waals surface area contributed by atoms with Crippen molar-refractivity contribution in [2.75, 3.05) is 26.7 Å². The van der Waals surface area contributed by atoms with Crippen molar-refractivity contribution >= 4 is 0 Å². The van der Waals surface area contributed by atoms with Gasteiger partial charge in [0.05, 0.1) is 0 Å². The highest BCUT2D eigenvalue weighted by Crippen LogP contribution is 2.16. The second kappa shape index (κ2) is 4.51. The number of likely N-dealkylation sites (tertiary alicyclic amines) is 1. The monoisotopic (exact) mass is 194 g/mol. The first kappa shape index (κ1) is 9.59. The van der Waals surface area contributed by atoms with Gasteiger partial charge in [0.25, 0.3) is 0 Å². The van der Waals surface area contributed by atoms with E-state index in [0.29, 0.717) is 6.10 Å². The van der Waals surface area contributed by atoms with Crippen LogP contribution in [0.25, 0.3) is 0 Å². The van der Waals surface area contributed by atoms with Crippen molar-refractivity contribution in [2.45, 2.75) is 18.9 Å². The standard InChI is InChI=1S/C11H18N2O/c1-13-7-4-10(5-8-13)14-11-3-2-6-12-9-11/h2-3,9-10,12H,4-8H2,1H3. The Morgan fingerprint density at radius 2 is 2.21 bits per heavy atom. The largest absolute Gasteiger partial charge is 0.489 e. The van der Waals surface area contributed by atoms with Gasteiger partial charge in [-0.15, -0.1) is 0 Å². The first-order valence-corrected chi connectivity index (χ1v) is 5.30. The van der Waals surface area contributed by atoms with E-state index in [1.807, 2.05) is 6.20 Å². The van der Waals surface area contributed by atoms with Crippen LogP contribution in [0.3, 0.4) is 0 Å². The average Bonchev–Trinajstić information content (AvgIpc) is 2.23. The number of hydrogen-bond donors (Lipinski definition) is 1. The fourth-order valence-electron chi connectivity index (χ4n) is 1.82. The minimum absolute atomic E-state index is 0.405. The molecular formula is C11H18N2O. The minimum Gasteiger partial charge on any atom is -0.489 e. The van der Waals surface area contributed by atoms with E-state index < -0.39 is 0 Å². The maximum absolute atomic E-state index is 5.87. The van der Waals surface area contributed by atoms with Crippen molar-refractivity contribution in [3.63, 3.8) is 0 Å². The third kappa shape index (κ3) is 2.51. The molecule has 0 aromatic carbocycles. The van der Waals surface area contributed by atoms with Gasteiger partial charge < -0.3 is 15.0 Å². The Labute approximate surface area is 85.4 Å². The third-order valence-electron chi connectivity index (χ3n) is 2.73. The summed E-state index contributed by atoms with van der Waals surface area (Å²) < 4.78 is 5.87. The molecule has 0 aromatic rings. The lowest BCUT2D eigenvalue weighted by molar-refractivity contribution is 0.0631. The number of nitrogens with one attached hydrogen (secondary N) is 1. The molecule has 1 N–H and O–H groups in total. The molecule has 2 aliphatic rings. The number of hydrogen-bond acceptors (Lipinski definition) is 3. The Morgan fingerprint density at radius 1 is 1.43 bits per heavy atom. The molecule has 0 aliphatic carbocycles. The van der Waals surface area contributed by atoms with E-state index in [0.717, 1.165) is 38.2 Å². The topological polar surface area (TPSA) is 24.5 Å². The number of nitrogens with zero attached hydrogens (tertiary/aromatic N) is 1. The zero-order chi connectivity index (χ0) is 9.80. The molecule has 3 heteroatoms. The summed E-state index contributed by atoms with van der Waals surface area (Å²) in [5, 5.41) is 3.15. The van der Waals surface area contributed by atoms with E-state index in [1.165, 1.54) is 0 Å². The van der Waals surface area contributed by atoms with E-state index in [9.17, 15) is 0 Å².